The van der Waals surface area contributed by atoms with Gasteiger partial charge in [-0.05, 0) is 31.2 Å². The summed E-state index contributed by atoms with van der Waals surface area (Å²) in [6.07, 6.45) is -0.474. The topological polar surface area (TPSA) is 64.7 Å². The average molecular weight is 271 g/mol. The molecular weight excluding hydrogens is 250 g/mol. The highest BCUT2D eigenvalue weighted by atomic mass is 32.2. The van der Waals surface area contributed by atoms with Crippen molar-refractivity contribution < 1.29 is 14.6 Å². The standard InChI is InChI=1S/C13H21NO3S/c1-10(7-16-2)17-8-12(15)9-18-13-5-3-11(14)4-6-13/h3-6,10,12,15H,7-9,14H2,1-2H3. The van der Waals surface area contributed by atoms with E-state index in [-0.39, 0.29) is 6.10 Å². The highest BCUT2D eigenvalue weighted by Crippen LogP contribution is 2.20. The number of thioether (sulfide) groups is 1. The molecule has 0 radical (unpaired) electrons. The highest BCUT2D eigenvalue weighted by Gasteiger charge is 2.08. The highest BCUT2D eigenvalue weighted by molar-refractivity contribution is 7.99. The molecule has 0 fully saturated rings. The van der Waals surface area contributed by atoms with Crippen LogP contribution in [0.1, 0.15) is 6.92 Å². The number of nitrogen functional groups attached to an aromatic ring is 1. The van der Waals surface area contributed by atoms with E-state index in [0.29, 0.717) is 19.0 Å². The van der Waals surface area contributed by atoms with E-state index in [4.69, 9.17) is 15.2 Å². The molecule has 0 saturated heterocycles. The molecule has 5 heteroatoms. The van der Waals surface area contributed by atoms with Crippen molar-refractivity contribution in [1.82, 2.24) is 0 Å². The van der Waals surface area contributed by atoms with E-state index < -0.39 is 6.10 Å². The number of benzene rings is 1. The molecule has 3 N–H and O–H groups in total. The second-order valence-corrected chi connectivity index (χ2v) is 5.23. The van der Waals surface area contributed by atoms with Gasteiger partial charge in [-0.15, -0.1) is 11.8 Å². The van der Waals surface area contributed by atoms with Crippen LogP contribution in [-0.2, 0) is 9.47 Å². The van der Waals surface area contributed by atoms with Gasteiger partial charge in [0.15, 0.2) is 0 Å². The molecule has 0 aliphatic heterocycles. The van der Waals surface area contributed by atoms with Crippen molar-refractivity contribution in [3.8, 4) is 0 Å². The van der Waals surface area contributed by atoms with Crippen LogP contribution in [0.2, 0.25) is 0 Å². The van der Waals surface area contributed by atoms with E-state index in [0.717, 1.165) is 10.6 Å². The molecule has 1 aromatic carbocycles. The van der Waals surface area contributed by atoms with Crippen molar-refractivity contribution in [2.75, 3.05) is 31.8 Å². The molecule has 0 spiro atoms. The van der Waals surface area contributed by atoms with Crippen molar-refractivity contribution in [1.29, 1.82) is 0 Å². The van der Waals surface area contributed by atoms with E-state index in [1.54, 1.807) is 18.9 Å². The molecule has 4 nitrogen and oxygen atoms in total. The third-order valence-corrected chi connectivity index (χ3v) is 3.45. The minimum Gasteiger partial charge on any atom is -0.399 e. The zero-order valence-electron chi connectivity index (χ0n) is 10.8. The Balaban J connectivity index is 2.20. The number of rotatable bonds is 8. The Morgan fingerprint density at radius 3 is 2.56 bits per heavy atom. The van der Waals surface area contributed by atoms with Gasteiger partial charge >= 0.3 is 0 Å². The first kappa shape index (κ1) is 15.3. The summed E-state index contributed by atoms with van der Waals surface area (Å²) >= 11 is 1.59. The molecule has 0 aromatic heterocycles. The lowest BCUT2D eigenvalue weighted by Gasteiger charge is -2.15. The molecular formula is C13H21NO3S. The number of anilines is 1. The predicted octanol–water partition coefficient (Wildman–Crippen LogP) is 1.77. The largest absolute Gasteiger partial charge is 0.399 e. The lowest BCUT2D eigenvalue weighted by atomic mass is 10.3. The quantitative estimate of drug-likeness (QED) is 0.557. The van der Waals surface area contributed by atoms with Gasteiger partial charge in [-0.1, -0.05) is 0 Å². The second kappa shape index (κ2) is 8.37. The molecule has 0 heterocycles. The van der Waals surface area contributed by atoms with Crippen molar-refractivity contribution >= 4 is 17.4 Å². The first-order chi connectivity index (χ1) is 8.61. The van der Waals surface area contributed by atoms with Gasteiger partial charge in [-0.2, -0.15) is 0 Å². The summed E-state index contributed by atoms with van der Waals surface area (Å²) in [5.41, 5.74) is 6.35. The molecule has 1 aromatic rings. The van der Waals surface area contributed by atoms with Gasteiger partial charge < -0.3 is 20.3 Å². The second-order valence-electron chi connectivity index (χ2n) is 4.13. The van der Waals surface area contributed by atoms with Crippen LogP contribution >= 0.6 is 11.8 Å². The summed E-state index contributed by atoms with van der Waals surface area (Å²) in [5, 5.41) is 9.77. The first-order valence-electron chi connectivity index (χ1n) is 5.88. The van der Waals surface area contributed by atoms with Gasteiger partial charge in [0.25, 0.3) is 0 Å². The van der Waals surface area contributed by atoms with Crippen LogP contribution in [0.3, 0.4) is 0 Å². The Labute approximate surface area is 112 Å². The molecule has 0 amide bonds. The number of methoxy groups -OCH3 is 1. The van der Waals surface area contributed by atoms with Crippen LogP contribution in [0.25, 0.3) is 0 Å². The summed E-state index contributed by atoms with van der Waals surface area (Å²) in [6, 6.07) is 7.60. The molecule has 1 rings (SSSR count). The van der Waals surface area contributed by atoms with Crippen LogP contribution < -0.4 is 5.73 Å². The summed E-state index contributed by atoms with van der Waals surface area (Å²) in [6.45, 7) is 2.79. The number of ether oxygens (including phenoxy) is 2. The SMILES string of the molecule is COCC(C)OCC(O)CSc1ccc(N)cc1. The molecule has 0 aliphatic rings. The van der Waals surface area contributed by atoms with Crippen molar-refractivity contribution in [3.63, 3.8) is 0 Å². The molecule has 0 aliphatic carbocycles. The van der Waals surface area contributed by atoms with Gasteiger partial charge in [0.05, 0.1) is 25.4 Å². The fourth-order valence-corrected chi connectivity index (χ4v) is 2.17. The Hall–Kier alpha value is -0.750. The monoisotopic (exact) mass is 271 g/mol. The Morgan fingerprint density at radius 2 is 1.94 bits per heavy atom. The zero-order valence-corrected chi connectivity index (χ0v) is 11.7. The lowest BCUT2D eigenvalue weighted by Crippen LogP contribution is -2.24. The third kappa shape index (κ3) is 6.26. The lowest BCUT2D eigenvalue weighted by molar-refractivity contribution is -0.0257. The normalized spacial score (nSPS) is 14.4. The van der Waals surface area contributed by atoms with Gasteiger partial charge in [-0.3, -0.25) is 0 Å². The molecule has 0 saturated carbocycles. The summed E-state index contributed by atoms with van der Waals surface area (Å²) in [5.74, 6) is 0.601. The smallest absolute Gasteiger partial charge is 0.0867 e. The number of aliphatic hydroxyl groups is 1. The first-order valence-corrected chi connectivity index (χ1v) is 6.87. The van der Waals surface area contributed by atoms with Crippen LogP contribution in [0, 0.1) is 0 Å². The van der Waals surface area contributed by atoms with Gasteiger partial charge in [0, 0.05) is 23.4 Å². The van der Waals surface area contributed by atoms with Crippen molar-refractivity contribution in [3.05, 3.63) is 24.3 Å². The van der Waals surface area contributed by atoms with Crippen LogP contribution in [0.4, 0.5) is 5.69 Å². The fraction of sp³-hybridized carbons (Fsp3) is 0.538. The third-order valence-electron chi connectivity index (χ3n) is 2.30. The maximum atomic E-state index is 9.77. The van der Waals surface area contributed by atoms with Crippen molar-refractivity contribution in [2.45, 2.75) is 24.0 Å². The van der Waals surface area contributed by atoms with Crippen molar-refractivity contribution in [2.24, 2.45) is 0 Å². The number of aliphatic hydroxyl groups excluding tert-OH is 1. The molecule has 18 heavy (non-hydrogen) atoms. The summed E-state index contributed by atoms with van der Waals surface area (Å²) in [4.78, 5) is 1.09. The van der Waals surface area contributed by atoms with Crippen LogP contribution in [0.5, 0.6) is 0 Å². The van der Waals surface area contributed by atoms with Crippen LogP contribution in [-0.4, -0.2) is 43.4 Å². The van der Waals surface area contributed by atoms with E-state index in [1.165, 1.54) is 0 Å². The number of hydrogen-bond acceptors (Lipinski definition) is 5. The summed E-state index contributed by atoms with van der Waals surface area (Å²) in [7, 11) is 1.63. The van der Waals surface area contributed by atoms with E-state index in [9.17, 15) is 5.11 Å². The summed E-state index contributed by atoms with van der Waals surface area (Å²) < 4.78 is 10.4. The predicted molar refractivity (Wildman–Crippen MR) is 74.9 cm³/mol. The van der Waals surface area contributed by atoms with E-state index >= 15 is 0 Å². The Kier molecular flexibility index (Phi) is 7.12. The van der Waals surface area contributed by atoms with Gasteiger partial charge in [0.2, 0.25) is 0 Å². The van der Waals surface area contributed by atoms with E-state index in [2.05, 4.69) is 0 Å². The number of hydrogen-bond donors (Lipinski definition) is 2. The molecule has 0 bridgehead atoms. The van der Waals surface area contributed by atoms with E-state index in [1.807, 2.05) is 31.2 Å². The minimum atomic E-state index is -0.480. The Bertz CT molecular complexity index is 332. The minimum absolute atomic E-state index is 0.00572. The molecule has 102 valence electrons. The fourth-order valence-electron chi connectivity index (χ4n) is 1.36. The maximum absolute atomic E-state index is 9.77. The van der Waals surface area contributed by atoms with Gasteiger partial charge in [0.1, 0.15) is 0 Å². The molecule has 2 unspecified atom stereocenters. The van der Waals surface area contributed by atoms with Gasteiger partial charge in [-0.25, -0.2) is 0 Å². The average Bonchev–Trinajstić information content (AvgIpc) is 2.36. The van der Waals surface area contributed by atoms with Crippen LogP contribution in [0.15, 0.2) is 29.2 Å². The Morgan fingerprint density at radius 1 is 1.28 bits per heavy atom. The maximum Gasteiger partial charge on any atom is 0.0867 e. The number of nitrogens with two attached hydrogens (primary N) is 1. The molecule has 2 atom stereocenters. The zero-order chi connectivity index (χ0) is 13.4.